The van der Waals surface area contributed by atoms with Crippen LogP contribution in [0.15, 0.2) is 0 Å². The molecule has 2 atom stereocenters. The summed E-state index contributed by atoms with van der Waals surface area (Å²) in [4.78, 5) is 0. The van der Waals surface area contributed by atoms with Crippen LogP contribution in [0.3, 0.4) is 0 Å². The normalized spacial score (nSPS) is 45.0. The van der Waals surface area contributed by atoms with Gasteiger partial charge in [0.25, 0.3) is 0 Å². The van der Waals surface area contributed by atoms with E-state index >= 15 is 0 Å². The van der Waals surface area contributed by atoms with E-state index in [1.54, 1.807) is 0 Å². The zero-order valence-electron chi connectivity index (χ0n) is 4.89. The van der Waals surface area contributed by atoms with Crippen molar-refractivity contribution in [3.05, 3.63) is 0 Å². The van der Waals surface area contributed by atoms with Crippen LogP contribution in [0.25, 0.3) is 0 Å². The first-order valence-electron chi connectivity index (χ1n) is 3.30. The van der Waals surface area contributed by atoms with Gasteiger partial charge in [-0.1, -0.05) is 0 Å². The molecular formula is C6H11NO. The molecule has 0 radical (unpaired) electrons. The molecule has 3 rings (SSSR count). The van der Waals surface area contributed by atoms with Crippen molar-refractivity contribution in [2.75, 3.05) is 13.2 Å². The van der Waals surface area contributed by atoms with Crippen LogP contribution in [0.5, 0.6) is 0 Å². The molecule has 0 saturated carbocycles. The Balaban J connectivity index is 2.03. The van der Waals surface area contributed by atoms with Crippen LogP contribution in [-0.4, -0.2) is 19.4 Å². The van der Waals surface area contributed by atoms with Gasteiger partial charge in [-0.05, 0) is 18.8 Å². The SMILES string of the molecule is C1C[C@@H]2NC[C@H]1CO2. The van der Waals surface area contributed by atoms with Crippen molar-refractivity contribution in [1.82, 2.24) is 5.32 Å². The van der Waals surface area contributed by atoms with E-state index in [-0.39, 0.29) is 0 Å². The van der Waals surface area contributed by atoms with Crippen LogP contribution in [0.2, 0.25) is 0 Å². The van der Waals surface area contributed by atoms with Gasteiger partial charge < -0.3 is 4.74 Å². The van der Waals surface area contributed by atoms with Crippen LogP contribution in [0.1, 0.15) is 12.8 Å². The highest BCUT2D eigenvalue weighted by molar-refractivity contribution is 4.77. The molecule has 8 heavy (non-hydrogen) atoms. The number of hydrogen-bond acceptors (Lipinski definition) is 2. The van der Waals surface area contributed by atoms with Gasteiger partial charge in [0.1, 0.15) is 6.23 Å². The summed E-state index contributed by atoms with van der Waals surface area (Å²) >= 11 is 0. The smallest absolute Gasteiger partial charge is 0.108 e. The average molecular weight is 113 g/mol. The van der Waals surface area contributed by atoms with E-state index in [0.29, 0.717) is 6.23 Å². The molecule has 3 aliphatic heterocycles. The molecular weight excluding hydrogens is 102 g/mol. The molecule has 46 valence electrons. The minimum absolute atomic E-state index is 0.403. The fourth-order valence-corrected chi connectivity index (χ4v) is 1.43. The molecule has 3 saturated heterocycles. The number of ether oxygens (including phenoxy) is 1. The van der Waals surface area contributed by atoms with Crippen LogP contribution in [0, 0.1) is 5.92 Å². The van der Waals surface area contributed by atoms with Crippen molar-refractivity contribution < 1.29 is 4.74 Å². The van der Waals surface area contributed by atoms with E-state index < -0.39 is 0 Å². The first-order chi connectivity index (χ1) is 3.95. The lowest BCUT2D eigenvalue weighted by atomic mass is 9.97. The second-order valence-electron chi connectivity index (χ2n) is 2.67. The minimum Gasteiger partial charge on any atom is -0.363 e. The molecule has 0 amide bonds. The van der Waals surface area contributed by atoms with E-state index in [1.165, 1.54) is 19.4 Å². The number of nitrogens with one attached hydrogen (secondary N) is 1. The predicted molar refractivity (Wildman–Crippen MR) is 30.5 cm³/mol. The fraction of sp³-hybridized carbons (Fsp3) is 1.00. The third kappa shape index (κ3) is 0.644. The number of hydrogen-bond donors (Lipinski definition) is 1. The molecule has 2 nitrogen and oxygen atoms in total. The summed E-state index contributed by atoms with van der Waals surface area (Å²) in [5.41, 5.74) is 0. The van der Waals surface area contributed by atoms with Gasteiger partial charge in [0, 0.05) is 6.54 Å². The van der Waals surface area contributed by atoms with E-state index in [0.717, 1.165) is 12.5 Å². The van der Waals surface area contributed by atoms with E-state index in [2.05, 4.69) is 5.32 Å². The molecule has 3 fully saturated rings. The maximum atomic E-state index is 5.37. The van der Waals surface area contributed by atoms with Gasteiger partial charge >= 0.3 is 0 Å². The summed E-state index contributed by atoms with van der Waals surface area (Å²) in [7, 11) is 0. The lowest BCUT2D eigenvalue weighted by Gasteiger charge is -2.36. The summed E-state index contributed by atoms with van der Waals surface area (Å²) in [5, 5.41) is 3.30. The Kier molecular flexibility index (Phi) is 1.02. The second-order valence-corrected chi connectivity index (χ2v) is 2.67. The molecule has 2 bridgehead atoms. The lowest BCUT2D eigenvalue weighted by molar-refractivity contribution is -0.0724. The predicted octanol–water partition coefficient (Wildman–Crippen LogP) is 0.342. The third-order valence-corrected chi connectivity index (χ3v) is 2.00. The van der Waals surface area contributed by atoms with Crippen LogP contribution < -0.4 is 5.32 Å². The molecule has 3 heterocycles. The highest BCUT2D eigenvalue weighted by Crippen LogP contribution is 2.21. The Hall–Kier alpha value is -0.0800. The van der Waals surface area contributed by atoms with Crippen LogP contribution in [-0.2, 0) is 4.74 Å². The summed E-state index contributed by atoms with van der Waals surface area (Å²) in [6, 6.07) is 0. The van der Waals surface area contributed by atoms with E-state index in [1.807, 2.05) is 0 Å². The average Bonchev–Trinajstić information content (AvgIpc) is 1.92. The largest absolute Gasteiger partial charge is 0.363 e. The van der Waals surface area contributed by atoms with Gasteiger partial charge in [-0.25, -0.2) is 0 Å². The molecule has 0 aromatic rings. The standard InChI is InChI=1S/C6H11NO/c1-2-6-7-3-5(1)4-8-6/h5-7H,1-4H2/t5-,6+/m0/s1. The van der Waals surface area contributed by atoms with Crippen molar-refractivity contribution in [3.8, 4) is 0 Å². The number of piperidine rings is 1. The van der Waals surface area contributed by atoms with Gasteiger partial charge in [0.2, 0.25) is 0 Å². The third-order valence-electron chi connectivity index (χ3n) is 2.00. The molecule has 2 heteroatoms. The molecule has 0 spiro atoms. The Labute approximate surface area is 49.2 Å². The lowest BCUT2D eigenvalue weighted by Crippen LogP contribution is -2.48. The van der Waals surface area contributed by atoms with Gasteiger partial charge in [0.05, 0.1) is 6.61 Å². The number of fused-ring (bicyclic) bond motifs is 3. The minimum atomic E-state index is 0.403. The van der Waals surface area contributed by atoms with Gasteiger partial charge in [0.15, 0.2) is 0 Å². The molecule has 0 aromatic carbocycles. The Morgan fingerprint density at radius 1 is 1.38 bits per heavy atom. The highest BCUT2D eigenvalue weighted by Gasteiger charge is 2.26. The molecule has 1 N–H and O–H groups in total. The maximum Gasteiger partial charge on any atom is 0.108 e. The Bertz CT molecular complexity index is 63.5. The van der Waals surface area contributed by atoms with Gasteiger partial charge in [-0.15, -0.1) is 0 Å². The summed E-state index contributed by atoms with van der Waals surface area (Å²) < 4.78 is 5.37. The monoisotopic (exact) mass is 113 g/mol. The van der Waals surface area contributed by atoms with Crippen molar-refractivity contribution in [3.63, 3.8) is 0 Å². The summed E-state index contributed by atoms with van der Waals surface area (Å²) in [6.07, 6.45) is 3.00. The van der Waals surface area contributed by atoms with E-state index in [9.17, 15) is 0 Å². The summed E-state index contributed by atoms with van der Waals surface area (Å²) in [6.45, 7) is 2.18. The highest BCUT2D eigenvalue weighted by atomic mass is 16.5. The van der Waals surface area contributed by atoms with Crippen molar-refractivity contribution in [1.29, 1.82) is 0 Å². The van der Waals surface area contributed by atoms with Crippen LogP contribution in [0.4, 0.5) is 0 Å². The van der Waals surface area contributed by atoms with E-state index in [4.69, 9.17) is 4.74 Å². The molecule has 3 aliphatic rings. The fourth-order valence-electron chi connectivity index (χ4n) is 1.43. The summed E-state index contributed by atoms with van der Waals surface area (Å²) in [5.74, 6) is 0.819. The van der Waals surface area contributed by atoms with Gasteiger partial charge in [-0.2, -0.15) is 0 Å². The topological polar surface area (TPSA) is 21.3 Å². The number of rotatable bonds is 0. The van der Waals surface area contributed by atoms with Crippen molar-refractivity contribution >= 4 is 0 Å². The van der Waals surface area contributed by atoms with Crippen molar-refractivity contribution in [2.24, 2.45) is 5.92 Å². The van der Waals surface area contributed by atoms with Crippen molar-refractivity contribution in [2.45, 2.75) is 19.1 Å². The zero-order valence-corrected chi connectivity index (χ0v) is 4.89. The first kappa shape index (κ1) is 4.77. The molecule has 0 aliphatic carbocycles. The Morgan fingerprint density at radius 2 is 2.38 bits per heavy atom. The molecule has 0 unspecified atom stereocenters. The molecule has 0 aromatic heterocycles. The quantitative estimate of drug-likeness (QED) is 0.489. The first-order valence-corrected chi connectivity index (χ1v) is 3.30. The Morgan fingerprint density at radius 3 is 2.50 bits per heavy atom. The maximum absolute atomic E-state index is 5.37. The van der Waals surface area contributed by atoms with Crippen LogP contribution >= 0.6 is 0 Å². The van der Waals surface area contributed by atoms with Gasteiger partial charge in [-0.3, -0.25) is 5.32 Å². The second kappa shape index (κ2) is 1.71. The zero-order chi connectivity index (χ0) is 5.40.